The molecule has 3 rings (SSSR count). The van der Waals surface area contributed by atoms with E-state index in [-0.39, 0.29) is 0 Å². The SMILES string of the molecule is ClOCl.N=C(c1ccc(Cl)cc1)N1CCN(CCCOc2ccccc2)CC1. The van der Waals surface area contributed by atoms with Crippen molar-refractivity contribution in [3.8, 4) is 5.75 Å². The van der Waals surface area contributed by atoms with Gasteiger partial charge in [0.2, 0.25) is 0 Å². The minimum Gasteiger partial charge on any atom is -0.494 e. The summed E-state index contributed by atoms with van der Waals surface area (Å²) in [6, 6.07) is 17.5. The van der Waals surface area contributed by atoms with E-state index in [0.717, 1.165) is 57.1 Å². The molecule has 8 heteroatoms. The molecule has 2 aromatic carbocycles. The summed E-state index contributed by atoms with van der Waals surface area (Å²) in [6.07, 6.45) is 1.02. The lowest BCUT2D eigenvalue weighted by molar-refractivity contribution is 0.169. The van der Waals surface area contributed by atoms with Crippen molar-refractivity contribution in [3.05, 3.63) is 65.2 Å². The van der Waals surface area contributed by atoms with Crippen LogP contribution in [0.15, 0.2) is 54.6 Å². The van der Waals surface area contributed by atoms with Gasteiger partial charge in [-0.15, -0.1) is 0 Å². The zero-order valence-electron chi connectivity index (χ0n) is 15.5. The van der Waals surface area contributed by atoms with Crippen LogP contribution < -0.4 is 4.74 Å². The zero-order valence-corrected chi connectivity index (χ0v) is 17.8. The Balaban J connectivity index is 0.000000878. The van der Waals surface area contributed by atoms with Crippen LogP contribution >= 0.6 is 35.3 Å². The summed E-state index contributed by atoms with van der Waals surface area (Å²) in [4.78, 5) is 4.58. The largest absolute Gasteiger partial charge is 0.494 e. The zero-order chi connectivity index (χ0) is 20.2. The number of benzene rings is 2. The molecule has 1 aliphatic rings. The number of piperazine rings is 1. The van der Waals surface area contributed by atoms with Crippen molar-refractivity contribution in [2.24, 2.45) is 0 Å². The topological polar surface area (TPSA) is 48.8 Å². The number of hydrogen-bond donors (Lipinski definition) is 1. The van der Waals surface area contributed by atoms with Gasteiger partial charge in [-0.2, -0.15) is 3.84 Å². The number of amidine groups is 1. The van der Waals surface area contributed by atoms with Crippen LogP contribution in [0, 0.1) is 5.41 Å². The average molecular weight is 445 g/mol. The van der Waals surface area contributed by atoms with Crippen LogP contribution in [0.4, 0.5) is 0 Å². The Bertz CT molecular complexity index is 694. The normalized spacial score (nSPS) is 14.2. The van der Waals surface area contributed by atoms with Gasteiger partial charge in [0.1, 0.15) is 11.6 Å². The summed E-state index contributed by atoms with van der Waals surface area (Å²) < 4.78 is 8.94. The van der Waals surface area contributed by atoms with E-state index in [9.17, 15) is 0 Å². The maximum absolute atomic E-state index is 8.37. The summed E-state index contributed by atoms with van der Waals surface area (Å²) in [5.41, 5.74) is 0.925. The van der Waals surface area contributed by atoms with Crippen molar-refractivity contribution >= 4 is 41.2 Å². The van der Waals surface area contributed by atoms with Gasteiger partial charge in [0, 0.05) is 43.3 Å². The predicted octanol–water partition coefficient (Wildman–Crippen LogP) is 5.06. The van der Waals surface area contributed by atoms with Gasteiger partial charge in [0.25, 0.3) is 0 Å². The monoisotopic (exact) mass is 443 g/mol. The Hall–Kier alpha value is -1.50. The van der Waals surface area contributed by atoms with Crippen molar-refractivity contribution in [2.45, 2.75) is 6.42 Å². The van der Waals surface area contributed by atoms with Crippen LogP contribution in [-0.2, 0) is 3.84 Å². The summed E-state index contributed by atoms with van der Waals surface area (Å²) in [7, 11) is 0. The van der Waals surface area contributed by atoms with Crippen molar-refractivity contribution in [2.75, 3.05) is 39.3 Å². The van der Waals surface area contributed by atoms with Gasteiger partial charge in [-0.05, 0) is 42.8 Å². The number of ether oxygens (including phenoxy) is 1. The summed E-state index contributed by atoms with van der Waals surface area (Å²) >= 11 is 14.4. The lowest BCUT2D eigenvalue weighted by atomic mass is 10.1. The third-order valence-electron chi connectivity index (χ3n) is 4.44. The number of rotatable bonds is 6. The fourth-order valence-corrected chi connectivity index (χ4v) is 3.11. The first-order chi connectivity index (χ1) is 13.6. The highest BCUT2D eigenvalue weighted by atomic mass is 35.6. The van der Waals surface area contributed by atoms with Crippen LogP contribution in [-0.4, -0.2) is 55.0 Å². The second-order valence-electron chi connectivity index (χ2n) is 6.26. The number of hydrogen-bond acceptors (Lipinski definition) is 4. The molecule has 5 nitrogen and oxygen atoms in total. The standard InChI is InChI=1S/C20H24ClN3O.Cl2O/c21-18-9-7-17(8-10-18)20(22)24-14-12-23(13-15-24)11-4-16-25-19-5-2-1-3-6-19;1-3-2/h1-3,5-10,22H,4,11-16H2;. The Morgan fingerprint density at radius 2 is 1.54 bits per heavy atom. The molecule has 2 aromatic rings. The average Bonchev–Trinajstić information content (AvgIpc) is 2.73. The first-order valence-corrected chi connectivity index (χ1v) is 10.0. The van der Waals surface area contributed by atoms with Gasteiger partial charge >= 0.3 is 0 Å². The molecule has 0 aromatic heterocycles. The number of para-hydroxylation sites is 1. The fraction of sp³-hybridized carbons (Fsp3) is 0.350. The summed E-state index contributed by atoms with van der Waals surface area (Å²) in [5.74, 6) is 1.52. The number of halogens is 3. The molecular formula is C20H24Cl3N3O2. The Labute approximate surface area is 181 Å². The molecule has 1 heterocycles. The molecule has 0 amide bonds. The molecule has 0 radical (unpaired) electrons. The number of nitrogens with one attached hydrogen (secondary N) is 1. The van der Waals surface area contributed by atoms with Crippen molar-refractivity contribution in [1.29, 1.82) is 5.41 Å². The fourth-order valence-electron chi connectivity index (χ4n) is 2.98. The van der Waals surface area contributed by atoms with E-state index >= 15 is 0 Å². The van der Waals surface area contributed by atoms with E-state index in [4.69, 9.17) is 21.7 Å². The molecule has 0 aliphatic carbocycles. The van der Waals surface area contributed by atoms with E-state index in [1.807, 2.05) is 54.6 Å². The van der Waals surface area contributed by atoms with Gasteiger partial charge in [-0.1, -0.05) is 29.8 Å². The minimum atomic E-state index is 0.587. The van der Waals surface area contributed by atoms with Crippen LogP contribution in [0.1, 0.15) is 12.0 Å². The van der Waals surface area contributed by atoms with Crippen molar-refractivity contribution in [1.82, 2.24) is 9.80 Å². The Kier molecular flexibility index (Phi) is 10.5. The molecule has 0 atom stereocenters. The Morgan fingerprint density at radius 3 is 2.14 bits per heavy atom. The first-order valence-electron chi connectivity index (χ1n) is 9.03. The molecule has 0 unspecified atom stereocenters. The molecule has 0 saturated carbocycles. The third-order valence-corrected chi connectivity index (χ3v) is 4.69. The molecular weight excluding hydrogens is 421 g/mol. The second kappa shape index (κ2) is 12.9. The summed E-state index contributed by atoms with van der Waals surface area (Å²) in [5, 5.41) is 9.08. The van der Waals surface area contributed by atoms with Gasteiger partial charge in [0.15, 0.2) is 0 Å². The quantitative estimate of drug-likeness (QED) is 0.384. The van der Waals surface area contributed by atoms with E-state index in [0.29, 0.717) is 10.9 Å². The van der Waals surface area contributed by atoms with Gasteiger partial charge in [-0.25, -0.2) is 0 Å². The van der Waals surface area contributed by atoms with E-state index in [2.05, 4.69) is 37.4 Å². The molecule has 152 valence electrons. The van der Waals surface area contributed by atoms with E-state index < -0.39 is 0 Å². The maximum atomic E-state index is 8.37. The van der Waals surface area contributed by atoms with Crippen LogP contribution in [0.25, 0.3) is 0 Å². The third kappa shape index (κ3) is 7.86. The van der Waals surface area contributed by atoms with Gasteiger partial charge in [-0.3, -0.25) is 10.3 Å². The lowest BCUT2D eigenvalue weighted by Gasteiger charge is -2.36. The highest BCUT2D eigenvalue weighted by Gasteiger charge is 2.19. The maximum Gasteiger partial charge on any atom is 0.128 e. The molecule has 1 aliphatic heterocycles. The molecule has 0 bridgehead atoms. The van der Waals surface area contributed by atoms with E-state index in [1.54, 1.807) is 0 Å². The molecule has 0 spiro atoms. The van der Waals surface area contributed by atoms with Gasteiger partial charge < -0.3 is 9.64 Å². The predicted molar refractivity (Wildman–Crippen MR) is 116 cm³/mol. The Morgan fingerprint density at radius 1 is 0.929 bits per heavy atom. The lowest BCUT2D eigenvalue weighted by Crippen LogP contribution is -2.49. The molecule has 28 heavy (non-hydrogen) atoms. The highest BCUT2D eigenvalue weighted by Crippen LogP contribution is 2.13. The molecule has 1 N–H and O–H groups in total. The molecule has 1 fully saturated rings. The van der Waals surface area contributed by atoms with Crippen molar-refractivity contribution < 1.29 is 8.58 Å². The molecule has 1 saturated heterocycles. The smallest absolute Gasteiger partial charge is 0.128 e. The van der Waals surface area contributed by atoms with Crippen molar-refractivity contribution in [3.63, 3.8) is 0 Å². The minimum absolute atomic E-state index is 0.587. The van der Waals surface area contributed by atoms with Crippen LogP contribution in [0.3, 0.4) is 0 Å². The van der Waals surface area contributed by atoms with Crippen LogP contribution in [0.2, 0.25) is 5.02 Å². The van der Waals surface area contributed by atoms with Crippen LogP contribution in [0.5, 0.6) is 5.75 Å². The van der Waals surface area contributed by atoms with E-state index in [1.165, 1.54) is 0 Å². The van der Waals surface area contributed by atoms with Gasteiger partial charge in [0.05, 0.1) is 30.3 Å². The first kappa shape index (κ1) is 22.8. The number of nitrogens with zero attached hydrogens (tertiary/aromatic N) is 2. The highest BCUT2D eigenvalue weighted by molar-refractivity contribution is 6.30. The summed E-state index contributed by atoms with van der Waals surface area (Å²) in [6.45, 7) is 5.53. The second-order valence-corrected chi connectivity index (χ2v) is 7.16.